The predicted molar refractivity (Wildman–Crippen MR) is 105 cm³/mol. The van der Waals surface area contributed by atoms with E-state index in [4.69, 9.17) is 4.52 Å². The largest absolute Gasteiger partial charge is 0.361 e. The predicted octanol–water partition coefficient (Wildman–Crippen LogP) is 1.83. The van der Waals surface area contributed by atoms with Gasteiger partial charge in [0.05, 0.1) is 5.69 Å². The van der Waals surface area contributed by atoms with Crippen LogP contribution in [0.1, 0.15) is 36.8 Å². The van der Waals surface area contributed by atoms with E-state index in [1.54, 1.807) is 14.0 Å². The Labute approximate surface area is 160 Å². The van der Waals surface area contributed by atoms with E-state index in [2.05, 4.69) is 20.8 Å². The molecule has 24 heavy (non-hydrogen) atoms. The van der Waals surface area contributed by atoms with E-state index in [-0.39, 0.29) is 29.9 Å². The summed E-state index contributed by atoms with van der Waals surface area (Å²) in [6.45, 7) is 8.71. The quantitative estimate of drug-likeness (QED) is 0.417. The lowest BCUT2D eigenvalue weighted by molar-refractivity contribution is -0.130. The highest BCUT2D eigenvalue weighted by molar-refractivity contribution is 14.0. The van der Waals surface area contributed by atoms with Crippen LogP contribution in [0.2, 0.25) is 0 Å². The van der Waals surface area contributed by atoms with E-state index in [1.807, 2.05) is 18.7 Å². The highest BCUT2D eigenvalue weighted by atomic mass is 127. The molecule has 0 saturated carbocycles. The molecule has 1 aliphatic heterocycles. The first kappa shape index (κ1) is 20.7. The molecule has 8 heteroatoms. The molecule has 1 fully saturated rings. The smallest absolute Gasteiger partial charge is 0.219 e. The van der Waals surface area contributed by atoms with Crippen LogP contribution in [0, 0.1) is 19.8 Å². The van der Waals surface area contributed by atoms with Gasteiger partial charge in [0.2, 0.25) is 5.91 Å². The van der Waals surface area contributed by atoms with E-state index >= 15 is 0 Å². The summed E-state index contributed by atoms with van der Waals surface area (Å²) >= 11 is 0. The molecular weight excluding hydrogens is 421 g/mol. The van der Waals surface area contributed by atoms with Crippen molar-refractivity contribution < 1.29 is 9.32 Å². The molecule has 0 aromatic carbocycles. The number of nitrogens with zero attached hydrogens (tertiary/aromatic N) is 3. The summed E-state index contributed by atoms with van der Waals surface area (Å²) in [5.41, 5.74) is 1.98. The fraction of sp³-hybridized carbons (Fsp3) is 0.688. The third-order valence-corrected chi connectivity index (χ3v) is 4.46. The van der Waals surface area contributed by atoms with Crippen LogP contribution in [0.25, 0.3) is 0 Å². The van der Waals surface area contributed by atoms with Crippen molar-refractivity contribution in [2.24, 2.45) is 10.9 Å². The Bertz CT molecular complexity index is 545. The van der Waals surface area contributed by atoms with Crippen molar-refractivity contribution >= 4 is 35.8 Å². The summed E-state index contributed by atoms with van der Waals surface area (Å²) in [4.78, 5) is 17.5. The Kier molecular flexibility index (Phi) is 8.51. The Morgan fingerprint density at radius 1 is 1.33 bits per heavy atom. The SMILES string of the molecule is CN=C(NCc1c(C)noc1C)NCC1CCN(C(C)=O)CC1.I. The van der Waals surface area contributed by atoms with E-state index in [9.17, 15) is 4.79 Å². The molecule has 1 aliphatic rings. The van der Waals surface area contributed by atoms with Crippen LogP contribution >= 0.6 is 24.0 Å². The Hall–Kier alpha value is -1.32. The standard InChI is InChI=1S/C16H27N5O2.HI/c1-11-15(12(2)23-20-11)10-19-16(17-4)18-9-14-5-7-21(8-6-14)13(3)22;/h14H,5-10H2,1-4H3,(H2,17,18,19);1H. The van der Waals surface area contributed by atoms with Gasteiger partial charge in [-0.15, -0.1) is 24.0 Å². The maximum Gasteiger partial charge on any atom is 0.219 e. The average molecular weight is 449 g/mol. The van der Waals surface area contributed by atoms with Crippen LogP contribution in [0.4, 0.5) is 0 Å². The molecule has 7 nitrogen and oxygen atoms in total. The molecule has 1 aromatic rings. The lowest BCUT2D eigenvalue weighted by Gasteiger charge is -2.31. The second kappa shape index (κ2) is 9.85. The molecule has 0 radical (unpaired) electrons. The molecule has 0 bridgehead atoms. The zero-order valence-corrected chi connectivity index (χ0v) is 17.2. The number of hydrogen-bond acceptors (Lipinski definition) is 4. The second-order valence-corrected chi connectivity index (χ2v) is 6.06. The molecule has 136 valence electrons. The number of amides is 1. The van der Waals surface area contributed by atoms with Gasteiger partial charge in [0.1, 0.15) is 5.76 Å². The van der Waals surface area contributed by atoms with Crippen molar-refractivity contribution in [3.8, 4) is 0 Å². The van der Waals surface area contributed by atoms with Gasteiger partial charge in [-0.1, -0.05) is 5.16 Å². The lowest BCUT2D eigenvalue weighted by Crippen LogP contribution is -2.43. The summed E-state index contributed by atoms with van der Waals surface area (Å²) in [5.74, 6) is 2.36. The summed E-state index contributed by atoms with van der Waals surface area (Å²) in [6.07, 6.45) is 2.07. The van der Waals surface area contributed by atoms with E-state index < -0.39 is 0 Å². The molecule has 2 rings (SSSR count). The number of aromatic nitrogens is 1. The van der Waals surface area contributed by atoms with Crippen LogP contribution in [0.3, 0.4) is 0 Å². The molecule has 2 N–H and O–H groups in total. The molecule has 0 atom stereocenters. The maximum atomic E-state index is 11.3. The highest BCUT2D eigenvalue weighted by Crippen LogP contribution is 2.16. The molecule has 0 aliphatic carbocycles. The normalized spacial score (nSPS) is 15.8. The molecule has 1 saturated heterocycles. The van der Waals surface area contributed by atoms with Gasteiger partial charge in [-0.2, -0.15) is 0 Å². The van der Waals surface area contributed by atoms with Gasteiger partial charge in [-0.3, -0.25) is 9.79 Å². The minimum absolute atomic E-state index is 0. The van der Waals surface area contributed by atoms with Crippen LogP contribution in [0.5, 0.6) is 0 Å². The van der Waals surface area contributed by atoms with Crippen LogP contribution in [-0.2, 0) is 11.3 Å². The number of hydrogen-bond donors (Lipinski definition) is 2. The van der Waals surface area contributed by atoms with Crippen molar-refractivity contribution in [1.82, 2.24) is 20.7 Å². The van der Waals surface area contributed by atoms with Gasteiger partial charge >= 0.3 is 0 Å². The van der Waals surface area contributed by atoms with Gasteiger partial charge in [0.25, 0.3) is 0 Å². The van der Waals surface area contributed by atoms with Crippen molar-refractivity contribution in [1.29, 1.82) is 0 Å². The van der Waals surface area contributed by atoms with Crippen molar-refractivity contribution in [2.45, 2.75) is 40.2 Å². The van der Waals surface area contributed by atoms with Gasteiger partial charge < -0.3 is 20.1 Å². The lowest BCUT2D eigenvalue weighted by atomic mass is 9.97. The number of piperidine rings is 1. The summed E-state index contributed by atoms with van der Waals surface area (Å²) in [6, 6.07) is 0. The number of carbonyl (C=O) groups is 1. The number of likely N-dealkylation sites (tertiary alicyclic amines) is 1. The zero-order valence-electron chi connectivity index (χ0n) is 14.9. The Morgan fingerprint density at radius 3 is 2.50 bits per heavy atom. The third-order valence-electron chi connectivity index (χ3n) is 4.46. The Balaban J connectivity index is 0.00000288. The number of guanidine groups is 1. The number of nitrogens with one attached hydrogen (secondary N) is 2. The highest BCUT2D eigenvalue weighted by Gasteiger charge is 2.20. The number of aliphatic imine (C=N–C) groups is 1. The topological polar surface area (TPSA) is 82.8 Å². The first-order valence-electron chi connectivity index (χ1n) is 8.13. The molecule has 1 amide bonds. The molecule has 2 heterocycles. The number of aryl methyl sites for hydroxylation is 2. The van der Waals surface area contributed by atoms with Crippen LogP contribution < -0.4 is 10.6 Å². The fourth-order valence-corrected chi connectivity index (χ4v) is 2.84. The van der Waals surface area contributed by atoms with Gasteiger partial charge in [0.15, 0.2) is 5.96 Å². The van der Waals surface area contributed by atoms with Crippen LogP contribution in [-0.4, -0.2) is 48.6 Å². The van der Waals surface area contributed by atoms with Gasteiger partial charge in [-0.25, -0.2) is 0 Å². The second-order valence-electron chi connectivity index (χ2n) is 6.06. The molecule has 0 unspecified atom stereocenters. The third kappa shape index (κ3) is 5.64. The first-order valence-corrected chi connectivity index (χ1v) is 8.13. The van der Waals surface area contributed by atoms with Crippen LogP contribution in [0.15, 0.2) is 9.52 Å². The Morgan fingerprint density at radius 2 is 2.00 bits per heavy atom. The van der Waals surface area contributed by atoms with Crippen molar-refractivity contribution in [2.75, 3.05) is 26.7 Å². The number of carbonyl (C=O) groups excluding carboxylic acids is 1. The minimum Gasteiger partial charge on any atom is -0.361 e. The van der Waals surface area contributed by atoms with E-state index in [1.165, 1.54) is 0 Å². The first-order chi connectivity index (χ1) is 11.0. The molecular formula is C16H28IN5O2. The summed E-state index contributed by atoms with van der Waals surface area (Å²) in [7, 11) is 1.76. The minimum atomic E-state index is 0. The van der Waals surface area contributed by atoms with E-state index in [0.717, 1.165) is 55.5 Å². The van der Waals surface area contributed by atoms with E-state index in [0.29, 0.717) is 12.5 Å². The van der Waals surface area contributed by atoms with Gasteiger partial charge in [0, 0.05) is 45.7 Å². The average Bonchev–Trinajstić information content (AvgIpc) is 2.87. The summed E-state index contributed by atoms with van der Waals surface area (Å²) < 4.78 is 5.16. The fourth-order valence-electron chi connectivity index (χ4n) is 2.84. The van der Waals surface area contributed by atoms with Gasteiger partial charge in [-0.05, 0) is 32.6 Å². The van der Waals surface area contributed by atoms with Crippen molar-refractivity contribution in [3.63, 3.8) is 0 Å². The van der Waals surface area contributed by atoms with Crippen molar-refractivity contribution in [3.05, 3.63) is 17.0 Å². The zero-order chi connectivity index (χ0) is 16.8. The summed E-state index contributed by atoms with van der Waals surface area (Å²) in [5, 5.41) is 10.6. The maximum absolute atomic E-state index is 11.3. The number of halogens is 1. The molecule has 1 aromatic heterocycles. The monoisotopic (exact) mass is 449 g/mol. The number of rotatable bonds is 4. The molecule has 0 spiro atoms.